The van der Waals surface area contributed by atoms with E-state index < -0.39 is 0 Å². The fourth-order valence-electron chi connectivity index (χ4n) is 1.86. The lowest BCUT2D eigenvalue weighted by molar-refractivity contribution is 0.290. The van der Waals surface area contributed by atoms with Crippen LogP contribution in [0, 0.1) is 6.92 Å². The lowest BCUT2D eigenvalue weighted by Gasteiger charge is -2.22. The monoisotopic (exact) mass is 210 g/mol. The van der Waals surface area contributed by atoms with E-state index in [0.717, 1.165) is 11.3 Å². The highest BCUT2D eigenvalue weighted by molar-refractivity contribution is 5.36. The molecule has 0 atom stereocenters. The third-order valence-corrected chi connectivity index (χ3v) is 2.42. The van der Waals surface area contributed by atoms with Gasteiger partial charge in [-0.05, 0) is 33.1 Å². The van der Waals surface area contributed by atoms with Gasteiger partial charge in [-0.2, -0.15) is 5.10 Å². The van der Waals surface area contributed by atoms with Crippen molar-refractivity contribution in [3.8, 4) is 5.88 Å². The minimum Gasteiger partial charge on any atom is -0.493 e. The maximum absolute atomic E-state index is 10.2. The second-order valence-corrected chi connectivity index (χ2v) is 6.12. The Hall–Kier alpha value is -0.990. The first-order chi connectivity index (χ1) is 6.55. The van der Waals surface area contributed by atoms with Crippen LogP contribution in [-0.2, 0) is 11.0 Å². The van der Waals surface area contributed by atoms with E-state index in [0.29, 0.717) is 5.88 Å². The summed E-state index contributed by atoms with van der Waals surface area (Å²) in [5.74, 6) is 0.299. The molecule has 1 heterocycles. The third-order valence-electron chi connectivity index (χ3n) is 2.42. The van der Waals surface area contributed by atoms with Crippen molar-refractivity contribution in [1.82, 2.24) is 9.78 Å². The van der Waals surface area contributed by atoms with Crippen LogP contribution in [0.4, 0.5) is 0 Å². The molecule has 3 heteroatoms. The van der Waals surface area contributed by atoms with Crippen LogP contribution in [0.2, 0.25) is 0 Å². The minimum absolute atomic E-state index is 0.0718. The maximum Gasteiger partial charge on any atom is 0.213 e. The summed E-state index contributed by atoms with van der Waals surface area (Å²) >= 11 is 0. The van der Waals surface area contributed by atoms with Gasteiger partial charge in [0, 0.05) is 5.56 Å². The normalized spacial score (nSPS) is 13.3. The van der Waals surface area contributed by atoms with Crippen LogP contribution in [0.25, 0.3) is 0 Å². The molecule has 0 unspecified atom stereocenters. The van der Waals surface area contributed by atoms with E-state index in [2.05, 4.69) is 25.9 Å². The predicted molar refractivity (Wildman–Crippen MR) is 62.3 cm³/mol. The van der Waals surface area contributed by atoms with E-state index in [-0.39, 0.29) is 11.0 Å². The SMILES string of the molecule is Cc1nn(C(C)(C)C)c(O)c1C(C)(C)C. The Kier molecular flexibility index (Phi) is 2.62. The number of hydrogen-bond acceptors (Lipinski definition) is 2. The second-order valence-electron chi connectivity index (χ2n) is 6.12. The van der Waals surface area contributed by atoms with Crippen molar-refractivity contribution in [2.75, 3.05) is 0 Å². The number of nitrogens with zero attached hydrogens (tertiary/aromatic N) is 2. The highest BCUT2D eigenvalue weighted by Gasteiger charge is 2.29. The van der Waals surface area contributed by atoms with Crippen LogP contribution in [0.15, 0.2) is 0 Å². The number of aromatic nitrogens is 2. The molecule has 0 aliphatic heterocycles. The first-order valence-electron chi connectivity index (χ1n) is 5.34. The molecule has 1 aromatic rings. The van der Waals surface area contributed by atoms with Gasteiger partial charge in [0.15, 0.2) is 0 Å². The molecule has 3 nitrogen and oxygen atoms in total. The van der Waals surface area contributed by atoms with Gasteiger partial charge in [0.25, 0.3) is 0 Å². The zero-order valence-electron chi connectivity index (χ0n) is 10.8. The highest BCUT2D eigenvalue weighted by atomic mass is 16.3. The number of rotatable bonds is 0. The van der Waals surface area contributed by atoms with Crippen LogP contribution in [0.3, 0.4) is 0 Å². The van der Waals surface area contributed by atoms with Crippen molar-refractivity contribution in [3.63, 3.8) is 0 Å². The summed E-state index contributed by atoms with van der Waals surface area (Å²) < 4.78 is 1.70. The molecule has 86 valence electrons. The van der Waals surface area contributed by atoms with E-state index in [1.165, 1.54) is 0 Å². The van der Waals surface area contributed by atoms with Gasteiger partial charge < -0.3 is 5.11 Å². The average molecular weight is 210 g/mol. The van der Waals surface area contributed by atoms with Crippen LogP contribution < -0.4 is 0 Å². The molecule has 1 rings (SSSR count). The van der Waals surface area contributed by atoms with E-state index in [4.69, 9.17) is 0 Å². The molecule has 0 saturated carbocycles. The molecule has 0 aliphatic carbocycles. The molecule has 0 aliphatic rings. The summed E-state index contributed by atoms with van der Waals surface area (Å²) in [6.45, 7) is 14.3. The Balaban J connectivity index is 3.41. The van der Waals surface area contributed by atoms with Crippen LogP contribution >= 0.6 is 0 Å². The van der Waals surface area contributed by atoms with Gasteiger partial charge in [0.2, 0.25) is 5.88 Å². The van der Waals surface area contributed by atoms with Crippen LogP contribution in [0.5, 0.6) is 5.88 Å². The molecule has 0 aromatic carbocycles. The van der Waals surface area contributed by atoms with Crippen LogP contribution in [-0.4, -0.2) is 14.9 Å². The molecule has 0 radical (unpaired) electrons. The van der Waals surface area contributed by atoms with Crippen molar-refractivity contribution in [1.29, 1.82) is 0 Å². The maximum atomic E-state index is 10.2. The van der Waals surface area contributed by atoms with E-state index in [1.807, 2.05) is 27.7 Å². The standard InChI is InChI=1S/C12H22N2O/c1-8-9(11(2,3)4)10(15)14(13-8)12(5,6)7/h15H,1-7H3. The van der Waals surface area contributed by atoms with E-state index >= 15 is 0 Å². The Labute approximate surface area is 92.1 Å². The Bertz CT molecular complexity index is 364. The quantitative estimate of drug-likeness (QED) is 0.715. The summed E-state index contributed by atoms with van der Waals surface area (Å²) in [6, 6.07) is 0. The molecule has 0 spiro atoms. The topological polar surface area (TPSA) is 38.0 Å². The number of aromatic hydroxyl groups is 1. The van der Waals surface area contributed by atoms with Gasteiger partial charge in [-0.15, -0.1) is 0 Å². The summed E-state index contributed by atoms with van der Waals surface area (Å²) in [6.07, 6.45) is 0. The first-order valence-corrected chi connectivity index (χ1v) is 5.34. The predicted octanol–water partition coefficient (Wildman–Crippen LogP) is 2.95. The summed E-state index contributed by atoms with van der Waals surface area (Å²) in [4.78, 5) is 0. The fourth-order valence-corrected chi connectivity index (χ4v) is 1.86. The van der Waals surface area contributed by atoms with Gasteiger partial charge in [-0.25, -0.2) is 4.68 Å². The van der Waals surface area contributed by atoms with Crippen LogP contribution in [0.1, 0.15) is 52.8 Å². The smallest absolute Gasteiger partial charge is 0.213 e. The molecule has 1 aromatic heterocycles. The van der Waals surface area contributed by atoms with Crippen molar-refractivity contribution in [2.45, 2.75) is 59.4 Å². The van der Waals surface area contributed by atoms with Gasteiger partial charge in [-0.1, -0.05) is 20.8 Å². The highest BCUT2D eigenvalue weighted by Crippen LogP contribution is 2.35. The lowest BCUT2D eigenvalue weighted by atomic mass is 9.87. The molecule has 15 heavy (non-hydrogen) atoms. The second kappa shape index (κ2) is 3.26. The first kappa shape index (κ1) is 12.1. The van der Waals surface area contributed by atoms with E-state index in [9.17, 15) is 5.11 Å². The van der Waals surface area contributed by atoms with Gasteiger partial charge >= 0.3 is 0 Å². The average Bonchev–Trinajstić information content (AvgIpc) is 2.22. The Morgan fingerprint density at radius 2 is 1.53 bits per heavy atom. The number of aryl methyl sites for hydroxylation is 1. The zero-order valence-corrected chi connectivity index (χ0v) is 10.8. The van der Waals surface area contributed by atoms with Crippen molar-refractivity contribution in [2.24, 2.45) is 0 Å². The van der Waals surface area contributed by atoms with Gasteiger partial charge in [0.1, 0.15) is 0 Å². The van der Waals surface area contributed by atoms with Crippen molar-refractivity contribution >= 4 is 0 Å². The third kappa shape index (κ3) is 2.16. The zero-order chi connectivity index (χ0) is 12.0. The Morgan fingerprint density at radius 3 is 1.73 bits per heavy atom. The molecule has 0 fully saturated rings. The van der Waals surface area contributed by atoms with Gasteiger partial charge in [-0.3, -0.25) is 0 Å². The molecule has 0 saturated heterocycles. The van der Waals surface area contributed by atoms with Crippen molar-refractivity contribution in [3.05, 3.63) is 11.3 Å². The summed E-state index contributed by atoms with van der Waals surface area (Å²) in [7, 11) is 0. The number of hydrogen-bond donors (Lipinski definition) is 1. The largest absolute Gasteiger partial charge is 0.493 e. The summed E-state index contributed by atoms with van der Waals surface area (Å²) in [5, 5.41) is 14.6. The lowest BCUT2D eigenvalue weighted by Crippen LogP contribution is -2.23. The minimum atomic E-state index is -0.182. The molecular weight excluding hydrogens is 188 g/mol. The summed E-state index contributed by atoms with van der Waals surface area (Å²) in [5.41, 5.74) is 1.60. The molecule has 0 amide bonds. The molecule has 0 bridgehead atoms. The van der Waals surface area contributed by atoms with E-state index in [1.54, 1.807) is 4.68 Å². The fraction of sp³-hybridized carbons (Fsp3) is 0.750. The van der Waals surface area contributed by atoms with Crippen molar-refractivity contribution < 1.29 is 5.11 Å². The Morgan fingerprint density at radius 1 is 1.07 bits per heavy atom. The molecule has 1 N–H and O–H groups in total. The van der Waals surface area contributed by atoms with Gasteiger partial charge in [0.05, 0.1) is 11.2 Å². The molecular formula is C12H22N2O.